The summed E-state index contributed by atoms with van der Waals surface area (Å²) < 4.78 is 0. The average molecular weight is 337 g/mol. The highest BCUT2D eigenvalue weighted by molar-refractivity contribution is 6.30. The molecule has 1 aromatic heterocycles. The van der Waals surface area contributed by atoms with Crippen LogP contribution in [0.2, 0.25) is 5.02 Å². The Morgan fingerprint density at radius 1 is 1.39 bits per heavy atom. The number of benzene rings is 1. The SMILES string of the molecule is CCN(CC(C)(C)O)C(=O)c1nn(-c2cccc(Cl)c2)nc1C. The Balaban J connectivity index is 2.31. The van der Waals surface area contributed by atoms with Crippen LogP contribution in [0.1, 0.15) is 37.0 Å². The van der Waals surface area contributed by atoms with Gasteiger partial charge >= 0.3 is 0 Å². The van der Waals surface area contributed by atoms with Gasteiger partial charge in [-0.25, -0.2) is 0 Å². The third-order valence-corrected chi connectivity index (χ3v) is 3.51. The van der Waals surface area contributed by atoms with E-state index in [1.807, 2.05) is 13.0 Å². The first-order valence-electron chi connectivity index (χ1n) is 7.43. The molecule has 7 heteroatoms. The molecule has 0 atom stereocenters. The number of aliphatic hydroxyl groups is 1. The van der Waals surface area contributed by atoms with E-state index in [0.717, 1.165) is 0 Å². The molecule has 0 radical (unpaired) electrons. The normalized spacial score (nSPS) is 11.6. The van der Waals surface area contributed by atoms with Gasteiger partial charge in [0.1, 0.15) is 0 Å². The molecule has 0 unspecified atom stereocenters. The molecule has 6 nitrogen and oxygen atoms in total. The molecule has 124 valence electrons. The summed E-state index contributed by atoms with van der Waals surface area (Å²) in [7, 11) is 0. The van der Waals surface area contributed by atoms with Gasteiger partial charge in [-0.05, 0) is 45.9 Å². The van der Waals surface area contributed by atoms with Crippen LogP contribution < -0.4 is 0 Å². The van der Waals surface area contributed by atoms with Crippen molar-refractivity contribution >= 4 is 17.5 Å². The highest BCUT2D eigenvalue weighted by Crippen LogP contribution is 2.16. The van der Waals surface area contributed by atoms with Crippen molar-refractivity contribution in [3.05, 3.63) is 40.7 Å². The number of aromatic nitrogens is 3. The highest BCUT2D eigenvalue weighted by Gasteiger charge is 2.26. The fourth-order valence-corrected chi connectivity index (χ4v) is 2.42. The number of nitrogens with zero attached hydrogens (tertiary/aromatic N) is 4. The van der Waals surface area contributed by atoms with E-state index in [9.17, 15) is 9.90 Å². The maximum Gasteiger partial charge on any atom is 0.276 e. The molecule has 0 bridgehead atoms. The third-order valence-electron chi connectivity index (χ3n) is 3.27. The molecule has 0 aliphatic rings. The van der Waals surface area contributed by atoms with E-state index in [-0.39, 0.29) is 18.1 Å². The molecule has 1 N–H and O–H groups in total. The second-order valence-corrected chi connectivity index (χ2v) is 6.47. The lowest BCUT2D eigenvalue weighted by Crippen LogP contribution is -2.42. The van der Waals surface area contributed by atoms with Crippen molar-refractivity contribution in [2.24, 2.45) is 0 Å². The van der Waals surface area contributed by atoms with Crippen LogP contribution in [0.25, 0.3) is 5.69 Å². The summed E-state index contributed by atoms with van der Waals surface area (Å²) in [6, 6.07) is 7.10. The van der Waals surface area contributed by atoms with E-state index >= 15 is 0 Å². The summed E-state index contributed by atoms with van der Waals surface area (Å²) >= 11 is 5.98. The number of amides is 1. The van der Waals surface area contributed by atoms with Crippen LogP contribution in [0, 0.1) is 6.92 Å². The summed E-state index contributed by atoms with van der Waals surface area (Å²) in [5.41, 5.74) is 0.521. The smallest absolute Gasteiger partial charge is 0.276 e. The van der Waals surface area contributed by atoms with Gasteiger partial charge in [0, 0.05) is 18.1 Å². The summed E-state index contributed by atoms with van der Waals surface area (Å²) in [6.45, 7) is 7.63. The van der Waals surface area contributed by atoms with E-state index < -0.39 is 5.60 Å². The van der Waals surface area contributed by atoms with Gasteiger partial charge in [-0.2, -0.15) is 9.90 Å². The lowest BCUT2D eigenvalue weighted by Gasteiger charge is -2.27. The second kappa shape index (κ2) is 6.68. The molecule has 0 spiro atoms. The van der Waals surface area contributed by atoms with Gasteiger partial charge in [0.2, 0.25) is 0 Å². The molecule has 0 fully saturated rings. The van der Waals surface area contributed by atoms with Gasteiger partial charge in [0.15, 0.2) is 5.69 Å². The molecule has 1 heterocycles. The van der Waals surface area contributed by atoms with Crippen molar-refractivity contribution in [3.63, 3.8) is 0 Å². The minimum absolute atomic E-state index is 0.228. The number of carbonyl (C=O) groups is 1. The minimum Gasteiger partial charge on any atom is -0.389 e. The Bertz CT molecular complexity index is 706. The molecule has 1 amide bonds. The number of hydrogen-bond donors (Lipinski definition) is 1. The highest BCUT2D eigenvalue weighted by atomic mass is 35.5. The molecule has 2 rings (SSSR count). The molecule has 2 aromatic rings. The molecule has 0 saturated carbocycles. The second-order valence-electron chi connectivity index (χ2n) is 6.04. The minimum atomic E-state index is -0.970. The van der Waals surface area contributed by atoms with E-state index in [0.29, 0.717) is 22.9 Å². The largest absolute Gasteiger partial charge is 0.389 e. The third kappa shape index (κ3) is 4.30. The zero-order valence-corrected chi connectivity index (χ0v) is 14.5. The fraction of sp³-hybridized carbons (Fsp3) is 0.438. The molecule has 0 aliphatic heterocycles. The van der Waals surface area contributed by atoms with Gasteiger partial charge in [0.25, 0.3) is 5.91 Å². The van der Waals surface area contributed by atoms with E-state index in [2.05, 4.69) is 10.2 Å². The van der Waals surface area contributed by atoms with Crippen LogP contribution in [0.15, 0.2) is 24.3 Å². The Kier molecular flexibility index (Phi) is 5.06. The Morgan fingerprint density at radius 3 is 2.65 bits per heavy atom. The van der Waals surface area contributed by atoms with Crippen molar-refractivity contribution in [3.8, 4) is 5.69 Å². The van der Waals surface area contributed by atoms with Crippen LogP contribution >= 0.6 is 11.6 Å². The maximum absolute atomic E-state index is 12.7. The molecular weight excluding hydrogens is 316 g/mol. The van der Waals surface area contributed by atoms with Gasteiger partial charge in [-0.15, -0.1) is 5.10 Å². The van der Waals surface area contributed by atoms with Crippen molar-refractivity contribution in [2.75, 3.05) is 13.1 Å². The summed E-state index contributed by atoms with van der Waals surface area (Å²) in [6.07, 6.45) is 0. The topological polar surface area (TPSA) is 71.2 Å². The first-order chi connectivity index (χ1) is 10.7. The first kappa shape index (κ1) is 17.4. The molecule has 1 aromatic carbocycles. The number of carbonyl (C=O) groups excluding carboxylic acids is 1. The molecule has 0 saturated heterocycles. The quantitative estimate of drug-likeness (QED) is 0.910. The zero-order valence-electron chi connectivity index (χ0n) is 13.7. The molecular formula is C16H21ClN4O2. The van der Waals surface area contributed by atoms with Crippen LogP contribution in [-0.2, 0) is 0 Å². The number of hydrogen-bond acceptors (Lipinski definition) is 4. The van der Waals surface area contributed by atoms with Gasteiger partial charge < -0.3 is 10.0 Å². The van der Waals surface area contributed by atoms with Gasteiger partial charge in [0.05, 0.1) is 17.0 Å². The van der Waals surface area contributed by atoms with Crippen molar-refractivity contribution in [2.45, 2.75) is 33.3 Å². The van der Waals surface area contributed by atoms with Crippen LogP contribution in [0.4, 0.5) is 0 Å². The predicted molar refractivity (Wildman–Crippen MR) is 89.0 cm³/mol. The average Bonchev–Trinajstić information content (AvgIpc) is 2.85. The number of halogens is 1. The monoisotopic (exact) mass is 336 g/mol. The van der Waals surface area contributed by atoms with E-state index in [1.54, 1.807) is 43.9 Å². The molecule has 23 heavy (non-hydrogen) atoms. The number of rotatable bonds is 5. The standard InChI is InChI=1S/C16H21ClN4O2/c1-5-20(10-16(3,4)23)15(22)14-11(2)18-21(19-14)13-8-6-7-12(17)9-13/h6-9,23H,5,10H2,1-4H3. The van der Waals surface area contributed by atoms with Crippen molar-refractivity contribution < 1.29 is 9.90 Å². The Hall–Kier alpha value is -1.92. The lowest BCUT2D eigenvalue weighted by atomic mass is 10.1. The summed E-state index contributed by atoms with van der Waals surface area (Å²) in [5, 5.41) is 19.1. The Morgan fingerprint density at radius 2 is 2.09 bits per heavy atom. The summed E-state index contributed by atoms with van der Waals surface area (Å²) in [5.74, 6) is -0.250. The van der Waals surface area contributed by atoms with E-state index in [4.69, 9.17) is 11.6 Å². The van der Waals surface area contributed by atoms with Crippen molar-refractivity contribution in [1.29, 1.82) is 0 Å². The Labute approximate surface area is 140 Å². The van der Waals surface area contributed by atoms with Crippen LogP contribution in [0.3, 0.4) is 0 Å². The van der Waals surface area contributed by atoms with Crippen LogP contribution in [0.5, 0.6) is 0 Å². The van der Waals surface area contributed by atoms with Crippen molar-refractivity contribution in [1.82, 2.24) is 19.9 Å². The maximum atomic E-state index is 12.7. The number of likely N-dealkylation sites (N-methyl/N-ethyl adjacent to an activating group) is 1. The lowest BCUT2D eigenvalue weighted by molar-refractivity contribution is 0.0311. The van der Waals surface area contributed by atoms with E-state index in [1.165, 1.54) is 4.80 Å². The van der Waals surface area contributed by atoms with Gasteiger partial charge in [-0.1, -0.05) is 17.7 Å². The fourth-order valence-electron chi connectivity index (χ4n) is 2.24. The van der Waals surface area contributed by atoms with Crippen LogP contribution in [-0.4, -0.2) is 49.6 Å². The zero-order chi connectivity index (χ0) is 17.2. The number of aryl methyl sites for hydroxylation is 1. The summed E-state index contributed by atoms with van der Waals surface area (Å²) in [4.78, 5) is 15.6. The predicted octanol–water partition coefficient (Wildman–Crippen LogP) is 2.46. The first-order valence-corrected chi connectivity index (χ1v) is 7.80. The van der Waals surface area contributed by atoms with Gasteiger partial charge in [-0.3, -0.25) is 4.79 Å². The molecule has 0 aliphatic carbocycles.